The van der Waals surface area contributed by atoms with Crippen LogP contribution in [0.25, 0.3) is 0 Å². The van der Waals surface area contributed by atoms with Gasteiger partial charge in [0, 0.05) is 24.9 Å². The van der Waals surface area contributed by atoms with Gasteiger partial charge in [0.2, 0.25) is 5.91 Å². The normalized spacial score (nSPS) is 13.6. The number of halogens is 1. The number of unbranched alkanes of at least 4 members (excludes halogenated alkanes) is 1. The predicted molar refractivity (Wildman–Crippen MR) is 67.7 cm³/mol. The number of carbonyl (C=O) groups excluding carboxylic acids is 1. The van der Waals surface area contributed by atoms with Crippen molar-refractivity contribution in [3.63, 3.8) is 0 Å². The number of hydrogen-bond donors (Lipinski definition) is 2. The van der Waals surface area contributed by atoms with Gasteiger partial charge in [-0.05, 0) is 24.7 Å². The average molecular weight is 250 g/mol. The van der Waals surface area contributed by atoms with Crippen LogP contribution in [0, 0.1) is 5.41 Å². The third-order valence-electron chi connectivity index (χ3n) is 2.59. The highest BCUT2D eigenvalue weighted by Crippen LogP contribution is 2.21. The van der Waals surface area contributed by atoms with E-state index < -0.39 is 0 Å². The highest BCUT2D eigenvalue weighted by molar-refractivity contribution is 6.17. The lowest BCUT2D eigenvalue weighted by Gasteiger charge is -2.31. The first kappa shape index (κ1) is 15.7. The Hall–Kier alpha value is -0.280. The minimum absolute atomic E-state index is 0.0229. The summed E-state index contributed by atoms with van der Waals surface area (Å²) in [5.41, 5.74) is -0.0229. The fourth-order valence-corrected chi connectivity index (χ4v) is 1.69. The van der Waals surface area contributed by atoms with Crippen molar-refractivity contribution < 1.29 is 9.90 Å². The predicted octanol–water partition coefficient (Wildman–Crippen LogP) is 2.31. The highest BCUT2D eigenvalue weighted by Gasteiger charge is 2.25. The fourth-order valence-electron chi connectivity index (χ4n) is 1.50. The molecule has 1 amide bonds. The third kappa shape index (κ3) is 7.07. The Morgan fingerprint density at radius 1 is 1.38 bits per heavy atom. The van der Waals surface area contributed by atoms with Crippen LogP contribution in [0.15, 0.2) is 0 Å². The van der Waals surface area contributed by atoms with E-state index in [-0.39, 0.29) is 24.0 Å². The van der Waals surface area contributed by atoms with Crippen LogP contribution in [0.1, 0.15) is 46.5 Å². The molecule has 0 aromatic rings. The molecular weight excluding hydrogens is 226 g/mol. The first-order chi connectivity index (χ1) is 7.41. The van der Waals surface area contributed by atoms with E-state index in [9.17, 15) is 4.79 Å². The standard InChI is InChI=1S/C12H24ClNO2/c1-12(2,3)10(7-9-15)14-11(16)6-4-5-8-13/h10,15H,4-9H2,1-3H3,(H,14,16). The molecule has 0 aliphatic rings. The lowest BCUT2D eigenvalue weighted by Crippen LogP contribution is -2.44. The molecule has 1 atom stereocenters. The quantitative estimate of drug-likeness (QED) is 0.537. The van der Waals surface area contributed by atoms with E-state index >= 15 is 0 Å². The molecule has 96 valence electrons. The second kappa shape index (κ2) is 7.91. The van der Waals surface area contributed by atoms with Crippen molar-refractivity contribution in [1.82, 2.24) is 5.32 Å². The lowest BCUT2D eigenvalue weighted by molar-refractivity contribution is -0.122. The third-order valence-corrected chi connectivity index (χ3v) is 2.85. The van der Waals surface area contributed by atoms with E-state index in [1.807, 2.05) is 0 Å². The molecule has 4 heteroatoms. The van der Waals surface area contributed by atoms with Gasteiger partial charge in [-0.1, -0.05) is 20.8 Å². The molecule has 0 saturated heterocycles. The molecule has 0 saturated carbocycles. The van der Waals surface area contributed by atoms with Gasteiger partial charge in [0.15, 0.2) is 0 Å². The molecule has 3 nitrogen and oxygen atoms in total. The van der Waals surface area contributed by atoms with Crippen molar-refractivity contribution in [3.8, 4) is 0 Å². The van der Waals surface area contributed by atoms with Gasteiger partial charge in [-0.25, -0.2) is 0 Å². The molecule has 0 rings (SSSR count). The number of carbonyl (C=O) groups is 1. The number of aliphatic hydroxyl groups is 1. The summed E-state index contributed by atoms with van der Waals surface area (Å²) < 4.78 is 0. The van der Waals surface area contributed by atoms with E-state index in [1.54, 1.807) is 0 Å². The fraction of sp³-hybridized carbons (Fsp3) is 0.917. The van der Waals surface area contributed by atoms with E-state index in [2.05, 4.69) is 26.1 Å². The summed E-state index contributed by atoms with van der Waals surface area (Å²) >= 11 is 5.55. The summed E-state index contributed by atoms with van der Waals surface area (Å²) in [4.78, 5) is 11.6. The van der Waals surface area contributed by atoms with Gasteiger partial charge < -0.3 is 10.4 Å². The van der Waals surface area contributed by atoms with Crippen LogP contribution >= 0.6 is 11.6 Å². The van der Waals surface area contributed by atoms with Crippen LogP contribution in [0.4, 0.5) is 0 Å². The maximum atomic E-state index is 11.6. The molecule has 0 heterocycles. The minimum Gasteiger partial charge on any atom is -0.396 e. The largest absolute Gasteiger partial charge is 0.396 e. The Bertz CT molecular complexity index is 202. The molecule has 0 aliphatic heterocycles. The minimum atomic E-state index is -0.0229. The SMILES string of the molecule is CC(C)(C)C(CCO)NC(=O)CCCCCl. The molecule has 0 bridgehead atoms. The number of rotatable bonds is 7. The summed E-state index contributed by atoms with van der Waals surface area (Å²) in [6.45, 7) is 6.29. The smallest absolute Gasteiger partial charge is 0.220 e. The van der Waals surface area contributed by atoms with Gasteiger partial charge >= 0.3 is 0 Å². The van der Waals surface area contributed by atoms with Crippen molar-refractivity contribution >= 4 is 17.5 Å². The molecule has 0 aromatic heterocycles. The summed E-state index contributed by atoms with van der Waals surface area (Å²) in [5, 5.41) is 11.9. The Labute approximate surface area is 104 Å². The van der Waals surface area contributed by atoms with E-state index in [0.717, 1.165) is 12.8 Å². The van der Waals surface area contributed by atoms with Crippen LogP contribution in [-0.4, -0.2) is 29.5 Å². The van der Waals surface area contributed by atoms with Gasteiger partial charge in [-0.15, -0.1) is 11.6 Å². The molecule has 16 heavy (non-hydrogen) atoms. The van der Waals surface area contributed by atoms with Crippen molar-refractivity contribution in [3.05, 3.63) is 0 Å². The van der Waals surface area contributed by atoms with Gasteiger partial charge in [-0.3, -0.25) is 4.79 Å². The van der Waals surface area contributed by atoms with Crippen LogP contribution < -0.4 is 5.32 Å². The molecule has 0 aromatic carbocycles. The second-order valence-electron chi connectivity index (χ2n) is 5.14. The van der Waals surface area contributed by atoms with Crippen molar-refractivity contribution in [2.75, 3.05) is 12.5 Å². The van der Waals surface area contributed by atoms with Crippen molar-refractivity contribution in [2.24, 2.45) is 5.41 Å². The molecule has 0 radical (unpaired) electrons. The molecule has 2 N–H and O–H groups in total. The lowest BCUT2D eigenvalue weighted by atomic mass is 9.85. The van der Waals surface area contributed by atoms with Gasteiger partial charge in [0.1, 0.15) is 0 Å². The van der Waals surface area contributed by atoms with E-state index in [1.165, 1.54) is 0 Å². The van der Waals surface area contributed by atoms with Crippen LogP contribution in [0.3, 0.4) is 0 Å². The van der Waals surface area contributed by atoms with E-state index in [0.29, 0.717) is 18.7 Å². The summed E-state index contributed by atoms with van der Waals surface area (Å²) in [6, 6.07) is 0.0287. The molecule has 0 spiro atoms. The highest BCUT2D eigenvalue weighted by atomic mass is 35.5. The molecule has 0 aliphatic carbocycles. The summed E-state index contributed by atoms with van der Waals surface area (Å²) in [5.74, 6) is 0.658. The van der Waals surface area contributed by atoms with Crippen molar-refractivity contribution in [1.29, 1.82) is 0 Å². The molecule has 0 fully saturated rings. The summed E-state index contributed by atoms with van der Waals surface area (Å²) in [6.07, 6.45) is 2.82. The monoisotopic (exact) mass is 249 g/mol. The van der Waals surface area contributed by atoms with Crippen LogP contribution in [0.2, 0.25) is 0 Å². The topological polar surface area (TPSA) is 49.3 Å². The zero-order valence-electron chi connectivity index (χ0n) is 10.6. The number of alkyl halides is 1. The second-order valence-corrected chi connectivity index (χ2v) is 5.52. The molecule has 1 unspecified atom stereocenters. The van der Waals surface area contributed by atoms with Crippen LogP contribution in [0.5, 0.6) is 0 Å². The molecular formula is C12H24ClNO2. The van der Waals surface area contributed by atoms with Gasteiger partial charge in [0.25, 0.3) is 0 Å². The zero-order valence-corrected chi connectivity index (χ0v) is 11.3. The number of nitrogens with one attached hydrogen (secondary N) is 1. The first-order valence-corrected chi connectivity index (χ1v) is 6.41. The number of amides is 1. The first-order valence-electron chi connectivity index (χ1n) is 5.88. The van der Waals surface area contributed by atoms with Crippen molar-refractivity contribution in [2.45, 2.75) is 52.5 Å². The Balaban J connectivity index is 4.04. The number of aliphatic hydroxyl groups excluding tert-OH is 1. The maximum absolute atomic E-state index is 11.6. The Morgan fingerprint density at radius 3 is 2.44 bits per heavy atom. The number of hydrogen-bond acceptors (Lipinski definition) is 2. The Kier molecular flexibility index (Phi) is 7.77. The Morgan fingerprint density at radius 2 is 2.00 bits per heavy atom. The van der Waals surface area contributed by atoms with Crippen LogP contribution in [-0.2, 0) is 4.79 Å². The van der Waals surface area contributed by atoms with Gasteiger partial charge in [0.05, 0.1) is 0 Å². The maximum Gasteiger partial charge on any atom is 0.220 e. The average Bonchev–Trinajstić information content (AvgIpc) is 2.16. The van der Waals surface area contributed by atoms with Gasteiger partial charge in [-0.2, -0.15) is 0 Å². The summed E-state index contributed by atoms with van der Waals surface area (Å²) in [7, 11) is 0. The van der Waals surface area contributed by atoms with E-state index in [4.69, 9.17) is 16.7 Å². The zero-order chi connectivity index (χ0) is 12.6.